The number of nitrogens with one attached hydrogen (secondary N) is 1. The van der Waals surface area contributed by atoms with Gasteiger partial charge in [0, 0.05) is 19.6 Å². The molecule has 2 aromatic carbocycles. The Hall–Kier alpha value is -3.32. The van der Waals surface area contributed by atoms with Crippen molar-refractivity contribution < 1.29 is 4.79 Å². The Bertz CT molecular complexity index is 778. The number of carbonyl (C=O) groups excluding carboxylic acids is 1. The van der Waals surface area contributed by atoms with Gasteiger partial charge in [0.05, 0.1) is 0 Å². The van der Waals surface area contributed by atoms with Gasteiger partial charge in [-0.3, -0.25) is 4.79 Å². The quantitative estimate of drug-likeness (QED) is 0.287. The largest absolute Gasteiger partial charge is 0.369 e. The Morgan fingerprint density at radius 3 is 2.11 bits per heavy atom. The molecule has 0 aliphatic rings. The molecule has 4 nitrogen and oxygen atoms in total. The zero-order valence-corrected chi connectivity index (χ0v) is 16.3. The molecule has 2 aromatic rings. The molecule has 2 rings (SSSR count). The van der Waals surface area contributed by atoms with Crippen molar-refractivity contribution in [3.05, 3.63) is 95.7 Å². The number of nitriles is 1. The van der Waals surface area contributed by atoms with Crippen molar-refractivity contribution in [2.75, 3.05) is 6.54 Å². The second-order valence-electron chi connectivity index (χ2n) is 6.52. The maximum absolute atomic E-state index is 12.1. The van der Waals surface area contributed by atoms with Crippen LogP contribution in [0, 0.1) is 11.3 Å². The Morgan fingerprint density at radius 1 is 1.04 bits per heavy atom. The summed E-state index contributed by atoms with van der Waals surface area (Å²) in [4.78, 5) is 14.2. The lowest BCUT2D eigenvalue weighted by Gasteiger charge is -2.20. The normalized spacial score (nSPS) is 11.2. The first kappa shape index (κ1) is 21.0. The van der Waals surface area contributed by atoms with Crippen LogP contribution < -0.4 is 5.32 Å². The minimum Gasteiger partial charge on any atom is -0.369 e. The predicted octanol–water partition coefficient (Wildman–Crippen LogP) is 4.57. The molecule has 0 unspecified atom stereocenters. The number of nitrogens with zero attached hydrogens (tertiary/aromatic N) is 2. The molecule has 0 aliphatic carbocycles. The molecule has 0 saturated heterocycles. The van der Waals surface area contributed by atoms with E-state index in [1.807, 2.05) is 48.7 Å². The van der Waals surface area contributed by atoms with Gasteiger partial charge in [-0.1, -0.05) is 74.0 Å². The van der Waals surface area contributed by atoms with Gasteiger partial charge in [0.15, 0.2) is 0 Å². The van der Waals surface area contributed by atoms with Gasteiger partial charge in [-0.25, -0.2) is 0 Å². The third-order valence-electron chi connectivity index (χ3n) is 4.20. The molecular formula is C24H27N3O. The van der Waals surface area contributed by atoms with Crippen LogP contribution in [0.25, 0.3) is 0 Å². The van der Waals surface area contributed by atoms with E-state index >= 15 is 0 Å². The summed E-state index contributed by atoms with van der Waals surface area (Å²) in [5.41, 5.74) is 2.52. The van der Waals surface area contributed by atoms with Crippen molar-refractivity contribution in [3.63, 3.8) is 0 Å². The molecule has 0 radical (unpaired) electrons. The summed E-state index contributed by atoms with van der Waals surface area (Å²) in [5.74, 6) is -0.321. The fraction of sp³-hybridized carbons (Fsp3) is 0.250. The minimum absolute atomic E-state index is 0.117. The lowest BCUT2D eigenvalue weighted by atomic mass is 10.1. The van der Waals surface area contributed by atoms with E-state index in [9.17, 15) is 10.1 Å². The Labute approximate surface area is 167 Å². The molecule has 0 saturated carbocycles. The molecule has 0 heterocycles. The molecule has 1 amide bonds. The number of benzene rings is 2. The highest BCUT2D eigenvalue weighted by Gasteiger charge is 2.07. The van der Waals surface area contributed by atoms with Gasteiger partial charge in [0.25, 0.3) is 5.91 Å². The van der Waals surface area contributed by atoms with E-state index in [0.29, 0.717) is 6.54 Å². The van der Waals surface area contributed by atoms with Gasteiger partial charge in [-0.15, -0.1) is 0 Å². The highest BCUT2D eigenvalue weighted by Crippen LogP contribution is 2.11. The molecule has 4 heteroatoms. The van der Waals surface area contributed by atoms with Crippen LogP contribution in [0.3, 0.4) is 0 Å². The van der Waals surface area contributed by atoms with E-state index in [4.69, 9.17) is 0 Å². The highest BCUT2D eigenvalue weighted by molar-refractivity contribution is 5.97. The van der Waals surface area contributed by atoms with E-state index in [0.717, 1.165) is 25.9 Å². The van der Waals surface area contributed by atoms with E-state index in [2.05, 4.69) is 41.4 Å². The van der Waals surface area contributed by atoms with Crippen LogP contribution in [0.2, 0.25) is 0 Å². The van der Waals surface area contributed by atoms with Crippen LogP contribution in [-0.2, 0) is 17.9 Å². The summed E-state index contributed by atoms with van der Waals surface area (Å²) in [6.45, 7) is 4.13. The number of allylic oxidation sites excluding steroid dienone is 2. The average Bonchev–Trinajstić information content (AvgIpc) is 2.72. The van der Waals surface area contributed by atoms with Gasteiger partial charge in [0.1, 0.15) is 11.6 Å². The third-order valence-corrected chi connectivity index (χ3v) is 4.20. The summed E-state index contributed by atoms with van der Waals surface area (Å²) < 4.78 is 0. The Kier molecular flexibility index (Phi) is 9.10. The maximum atomic E-state index is 12.1. The molecule has 0 atom stereocenters. The van der Waals surface area contributed by atoms with Crippen LogP contribution in [-0.4, -0.2) is 17.4 Å². The smallest absolute Gasteiger partial charge is 0.261 e. The molecular weight excluding hydrogens is 346 g/mol. The van der Waals surface area contributed by atoms with Crippen molar-refractivity contribution >= 4 is 5.91 Å². The molecule has 0 fully saturated rings. The van der Waals surface area contributed by atoms with Crippen LogP contribution >= 0.6 is 0 Å². The van der Waals surface area contributed by atoms with Crippen LogP contribution in [0.4, 0.5) is 0 Å². The van der Waals surface area contributed by atoms with Gasteiger partial charge < -0.3 is 10.2 Å². The Morgan fingerprint density at radius 2 is 1.61 bits per heavy atom. The fourth-order valence-electron chi connectivity index (χ4n) is 2.70. The van der Waals surface area contributed by atoms with Gasteiger partial charge in [0.2, 0.25) is 0 Å². The topological polar surface area (TPSA) is 56.1 Å². The fourth-order valence-corrected chi connectivity index (χ4v) is 2.70. The number of amides is 1. The first-order chi connectivity index (χ1) is 13.7. The van der Waals surface area contributed by atoms with E-state index in [-0.39, 0.29) is 11.5 Å². The second-order valence-corrected chi connectivity index (χ2v) is 6.52. The molecule has 0 spiro atoms. The predicted molar refractivity (Wildman–Crippen MR) is 113 cm³/mol. The summed E-state index contributed by atoms with van der Waals surface area (Å²) in [6.07, 6.45) is 7.17. The van der Waals surface area contributed by atoms with Crippen molar-refractivity contribution in [2.45, 2.75) is 32.9 Å². The van der Waals surface area contributed by atoms with Crippen molar-refractivity contribution in [3.8, 4) is 6.07 Å². The monoisotopic (exact) mass is 373 g/mol. The highest BCUT2D eigenvalue weighted by atomic mass is 16.1. The standard InChI is InChI=1S/C24H27N3O/c1-2-3-16-26-24(28)23(18-25)15-10-17-27(19-21-11-6-4-7-12-21)20-22-13-8-5-9-14-22/h4-15,17H,2-3,16,19-20H2,1H3,(H,26,28)/b17-10+,23-15+. The number of hydrogen-bond acceptors (Lipinski definition) is 3. The van der Waals surface area contributed by atoms with Gasteiger partial charge >= 0.3 is 0 Å². The van der Waals surface area contributed by atoms with E-state index in [1.54, 1.807) is 12.2 Å². The first-order valence-corrected chi connectivity index (χ1v) is 9.61. The summed E-state index contributed by atoms with van der Waals surface area (Å²) >= 11 is 0. The number of unbranched alkanes of at least 4 members (excludes halogenated alkanes) is 1. The second kappa shape index (κ2) is 12.1. The van der Waals surface area contributed by atoms with Crippen molar-refractivity contribution in [2.24, 2.45) is 0 Å². The van der Waals surface area contributed by atoms with Gasteiger partial charge in [-0.2, -0.15) is 5.26 Å². The van der Waals surface area contributed by atoms with Gasteiger partial charge in [-0.05, 0) is 35.9 Å². The number of hydrogen-bond donors (Lipinski definition) is 1. The SMILES string of the molecule is CCCCNC(=O)/C(C#N)=C/C=C/N(Cc1ccccc1)Cc1ccccc1. The van der Waals surface area contributed by atoms with Crippen LogP contribution in [0.15, 0.2) is 84.6 Å². The molecule has 1 N–H and O–H groups in total. The van der Waals surface area contributed by atoms with E-state index < -0.39 is 0 Å². The average molecular weight is 374 g/mol. The minimum atomic E-state index is -0.321. The zero-order valence-electron chi connectivity index (χ0n) is 16.3. The van der Waals surface area contributed by atoms with E-state index in [1.165, 1.54) is 11.1 Å². The first-order valence-electron chi connectivity index (χ1n) is 9.61. The third kappa shape index (κ3) is 7.51. The molecule has 0 aliphatic heterocycles. The Balaban J connectivity index is 2.09. The summed E-state index contributed by atoms with van der Waals surface area (Å²) in [6, 6.07) is 22.4. The molecule has 144 valence electrons. The summed E-state index contributed by atoms with van der Waals surface area (Å²) in [7, 11) is 0. The summed E-state index contributed by atoms with van der Waals surface area (Å²) in [5, 5.41) is 12.0. The zero-order chi connectivity index (χ0) is 20.0. The van der Waals surface area contributed by atoms with Crippen LogP contribution in [0.5, 0.6) is 0 Å². The lowest BCUT2D eigenvalue weighted by molar-refractivity contribution is -0.117. The van der Waals surface area contributed by atoms with Crippen molar-refractivity contribution in [1.29, 1.82) is 5.26 Å². The lowest BCUT2D eigenvalue weighted by Crippen LogP contribution is -2.25. The maximum Gasteiger partial charge on any atom is 0.261 e. The number of carbonyl (C=O) groups is 1. The molecule has 0 aromatic heterocycles. The van der Waals surface area contributed by atoms with Crippen molar-refractivity contribution in [1.82, 2.24) is 10.2 Å². The molecule has 0 bridgehead atoms. The molecule has 28 heavy (non-hydrogen) atoms. The number of rotatable bonds is 10. The van der Waals surface area contributed by atoms with Crippen LogP contribution in [0.1, 0.15) is 30.9 Å².